The zero-order chi connectivity index (χ0) is 22.8. The summed E-state index contributed by atoms with van der Waals surface area (Å²) in [5, 5.41) is 1.94. The molecule has 0 atom stereocenters. The van der Waals surface area contributed by atoms with Gasteiger partial charge in [0, 0.05) is 58.4 Å². The summed E-state index contributed by atoms with van der Waals surface area (Å²) in [6.07, 6.45) is 6.85. The number of amides is 2. The van der Waals surface area contributed by atoms with Gasteiger partial charge in [-0.25, -0.2) is 15.0 Å². The number of piperazine rings is 2. The van der Waals surface area contributed by atoms with Crippen molar-refractivity contribution in [3.63, 3.8) is 0 Å². The molecule has 172 valence electrons. The maximum atomic E-state index is 12.1. The first-order valence-corrected chi connectivity index (χ1v) is 11.7. The van der Waals surface area contributed by atoms with Crippen molar-refractivity contribution in [2.45, 2.75) is 0 Å². The molecule has 2 aromatic rings. The van der Waals surface area contributed by atoms with E-state index >= 15 is 0 Å². The Hall–Kier alpha value is -3.25. The van der Waals surface area contributed by atoms with E-state index in [0.717, 1.165) is 75.6 Å². The first kappa shape index (κ1) is 21.6. The Labute approximate surface area is 195 Å². The number of rotatable bonds is 4. The standard InChI is InChI=1S/C21H25N9O2S/c1-27-2-4-29(5-3-27)18-11-15(10-17-19(31)26-21(32)33-17)24-20(25-18)30-8-6-28(7-9-30)16-12-22-14-23-13-16/h10-14H,2-9H2,1H3,(H,26,31,32)/b17-10-. The molecule has 5 heterocycles. The molecule has 12 heteroatoms. The van der Waals surface area contributed by atoms with Gasteiger partial charge in [-0.2, -0.15) is 4.98 Å². The van der Waals surface area contributed by atoms with Crippen molar-refractivity contribution >= 4 is 46.4 Å². The number of hydrogen-bond donors (Lipinski definition) is 1. The molecule has 3 aliphatic rings. The van der Waals surface area contributed by atoms with Crippen LogP contribution in [0.3, 0.4) is 0 Å². The first-order valence-electron chi connectivity index (χ1n) is 10.9. The number of imide groups is 1. The van der Waals surface area contributed by atoms with E-state index in [2.05, 4.69) is 41.9 Å². The number of thioether (sulfide) groups is 1. The Balaban J connectivity index is 1.40. The highest BCUT2D eigenvalue weighted by atomic mass is 32.2. The molecule has 2 amide bonds. The minimum atomic E-state index is -0.384. The highest BCUT2D eigenvalue weighted by molar-refractivity contribution is 8.18. The monoisotopic (exact) mass is 467 g/mol. The summed E-state index contributed by atoms with van der Waals surface area (Å²) in [5.41, 5.74) is 1.63. The van der Waals surface area contributed by atoms with Gasteiger partial charge in [0.25, 0.3) is 11.1 Å². The molecule has 0 unspecified atom stereocenters. The van der Waals surface area contributed by atoms with Gasteiger partial charge in [-0.15, -0.1) is 0 Å². The molecule has 11 nitrogen and oxygen atoms in total. The lowest BCUT2D eigenvalue weighted by Crippen LogP contribution is -2.48. The number of aromatic nitrogens is 4. The van der Waals surface area contributed by atoms with E-state index in [1.165, 1.54) is 6.33 Å². The Morgan fingerprint density at radius 3 is 2.24 bits per heavy atom. The summed E-state index contributed by atoms with van der Waals surface area (Å²) in [4.78, 5) is 50.8. The van der Waals surface area contributed by atoms with Crippen molar-refractivity contribution in [3.05, 3.63) is 35.4 Å². The summed E-state index contributed by atoms with van der Waals surface area (Å²) in [7, 11) is 2.11. The van der Waals surface area contributed by atoms with Gasteiger partial charge in [0.2, 0.25) is 5.95 Å². The van der Waals surface area contributed by atoms with Crippen molar-refractivity contribution in [1.29, 1.82) is 0 Å². The summed E-state index contributed by atoms with van der Waals surface area (Å²) < 4.78 is 0. The van der Waals surface area contributed by atoms with Gasteiger partial charge in [0.15, 0.2) is 0 Å². The lowest BCUT2D eigenvalue weighted by molar-refractivity contribution is -0.115. The van der Waals surface area contributed by atoms with E-state index < -0.39 is 0 Å². The average molecular weight is 468 g/mol. The quantitative estimate of drug-likeness (QED) is 0.641. The highest BCUT2D eigenvalue weighted by Crippen LogP contribution is 2.27. The number of hydrogen-bond acceptors (Lipinski definition) is 11. The summed E-state index contributed by atoms with van der Waals surface area (Å²) >= 11 is 0.898. The number of nitrogens with one attached hydrogen (secondary N) is 1. The predicted octanol–water partition coefficient (Wildman–Crippen LogP) is 0.669. The molecule has 0 radical (unpaired) electrons. The molecular formula is C21H25N9O2S. The Bertz CT molecular complexity index is 1060. The number of anilines is 3. The molecule has 0 saturated carbocycles. The van der Waals surface area contributed by atoms with E-state index in [0.29, 0.717) is 16.5 Å². The second-order valence-corrected chi connectivity index (χ2v) is 9.18. The second-order valence-electron chi connectivity index (χ2n) is 8.16. The third-order valence-corrected chi connectivity index (χ3v) is 6.75. The Morgan fingerprint density at radius 1 is 0.909 bits per heavy atom. The lowest BCUT2D eigenvalue weighted by Gasteiger charge is -2.37. The zero-order valence-corrected chi connectivity index (χ0v) is 19.2. The van der Waals surface area contributed by atoms with Crippen molar-refractivity contribution in [3.8, 4) is 0 Å². The van der Waals surface area contributed by atoms with Crippen LogP contribution in [0.1, 0.15) is 5.69 Å². The fraction of sp³-hybridized carbons (Fsp3) is 0.429. The molecule has 0 aromatic carbocycles. The molecule has 1 N–H and O–H groups in total. The number of carbonyl (C=O) groups excluding carboxylic acids is 2. The summed E-state index contributed by atoms with van der Waals surface area (Å²) in [6.45, 7) is 6.78. The lowest BCUT2D eigenvalue weighted by atomic mass is 10.2. The van der Waals surface area contributed by atoms with Gasteiger partial charge >= 0.3 is 0 Å². The van der Waals surface area contributed by atoms with Gasteiger partial charge in [-0.1, -0.05) is 0 Å². The van der Waals surface area contributed by atoms with Gasteiger partial charge in [0.05, 0.1) is 28.7 Å². The average Bonchev–Trinajstić information content (AvgIpc) is 3.16. The maximum Gasteiger partial charge on any atom is 0.290 e. The smallest absolute Gasteiger partial charge is 0.290 e. The zero-order valence-electron chi connectivity index (χ0n) is 18.3. The number of carbonyl (C=O) groups is 2. The molecule has 5 rings (SSSR count). The number of nitrogens with zero attached hydrogens (tertiary/aromatic N) is 8. The van der Waals surface area contributed by atoms with Crippen LogP contribution in [0, 0.1) is 0 Å². The van der Waals surface area contributed by atoms with Crippen LogP contribution in [0.4, 0.5) is 22.2 Å². The highest BCUT2D eigenvalue weighted by Gasteiger charge is 2.27. The fourth-order valence-corrected chi connectivity index (χ4v) is 4.69. The molecule has 0 bridgehead atoms. The Kier molecular flexibility index (Phi) is 6.09. The minimum Gasteiger partial charge on any atom is -0.365 e. The van der Waals surface area contributed by atoms with Crippen molar-refractivity contribution in [2.75, 3.05) is 74.1 Å². The van der Waals surface area contributed by atoms with Crippen LogP contribution in [0.15, 0.2) is 29.7 Å². The van der Waals surface area contributed by atoms with Gasteiger partial charge < -0.3 is 19.6 Å². The van der Waals surface area contributed by atoms with Crippen LogP contribution in [0.2, 0.25) is 0 Å². The largest absolute Gasteiger partial charge is 0.365 e. The van der Waals surface area contributed by atoms with Gasteiger partial charge in [0.1, 0.15) is 12.1 Å². The molecule has 0 aliphatic carbocycles. The third-order valence-electron chi connectivity index (χ3n) is 5.94. The molecule has 33 heavy (non-hydrogen) atoms. The van der Waals surface area contributed by atoms with Crippen molar-refractivity contribution < 1.29 is 9.59 Å². The van der Waals surface area contributed by atoms with E-state index in [9.17, 15) is 9.59 Å². The topological polar surface area (TPSA) is 111 Å². The van der Waals surface area contributed by atoms with Crippen LogP contribution in [-0.4, -0.2) is 95.4 Å². The fourth-order valence-electron chi connectivity index (χ4n) is 4.03. The van der Waals surface area contributed by atoms with Crippen molar-refractivity contribution in [1.82, 2.24) is 30.2 Å². The SMILES string of the molecule is CN1CCN(c2cc(/C=C3\SC(=O)NC3=O)nc(N3CCN(c4cncnc4)CC3)n2)CC1. The van der Waals surface area contributed by atoms with Crippen LogP contribution in [0.5, 0.6) is 0 Å². The van der Waals surface area contributed by atoms with E-state index in [1.54, 1.807) is 6.08 Å². The first-order chi connectivity index (χ1) is 16.0. The second kappa shape index (κ2) is 9.32. The number of likely N-dealkylation sites (N-methyl/N-ethyl adjacent to an activating group) is 1. The molecule has 3 fully saturated rings. The minimum absolute atomic E-state index is 0.350. The summed E-state index contributed by atoms with van der Waals surface area (Å²) in [5.74, 6) is 1.09. The maximum absolute atomic E-state index is 12.1. The molecule has 3 saturated heterocycles. The van der Waals surface area contributed by atoms with Crippen LogP contribution in [-0.2, 0) is 4.79 Å². The normalized spacial score (nSPS) is 21.1. The molecule has 3 aliphatic heterocycles. The summed E-state index contributed by atoms with van der Waals surface area (Å²) in [6, 6.07) is 1.90. The van der Waals surface area contributed by atoms with E-state index in [4.69, 9.17) is 9.97 Å². The van der Waals surface area contributed by atoms with E-state index in [1.807, 2.05) is 18.5 Å². The molecule has 0 spiro atoms. The molecule has 2 aromatic heterocycles. The Morgan fingerprint density at radius 2 is 1.58 bits per heavy atom. The van der Waals surface area contributed by atoms with Crippen LogP contribution < -0.4 is 20.0 Å². The van der Waals surface area contributed by atoms with Gasteiger partial charge in [-0.3, -0.25) is 14.9 Å². The van der Waals surface area contributed by atoms with Crippen LogP contribution >= 0.6 is 11.8 Å². The third kappa shape index (κ3) is 4.91. The van der Waals surface area contributed by atoms with Crippen LogP contribution in [0.25, 0.3) is 6.08 Å². The van der Waals surface area contributed by atoms with Crippen molar-refractivity contribution in [2.24, 2.45) is 0 Å². The van der Waals surface area contributed by atoms with Gasteiger partial charge in [-0.05, 0) is 24.9 Å². The predicted molar refractivity (Wildman–Crippen MR) is 127 cm³/mol. The molecular weight excluding hydrogens is 442 g/mol. The van der Waals surface area contributed by atoms with E-state index in [-0.39, 0.29) is 11.1 Å².